The van der Waals surface area contributed by atoms with Crippen LogP contribution in [-0.4, -0.2) is 38.4 Å². The zero-order valence-electron chi connectivity index (χ0n) is 25.9. The molecule has 0 saturated heterocycles. The molecule has 0 unspecified atom stereocenters. The van der Waals surface area contributed by atoms with Gasteiger partial charge in [0.25, 0.3) is 11.1 Å². The van der Waals surface area contributed by atoms with Crippen molar-refractivity contribution in [1.29, 1.82) is 0 Å². The van der Waals surface area contributed by atoms with Crippen molar-refractivity contribution in [2.24, 2.45) is 0 Å². The number of methoxy groups -OCH3 is 1. The van der Waals surface area contributed by atoms with Gasteiger partial charge >= 0.3 is 6.18 Å². The first kappa shape index (κ1) is 33.6. The highest BCUT2D eigenvalue weighted by molar-refractivity contribution is 7.98. The highest BCUT2D eigenvalue weighted by atomic mass is 35.5. The molecule has 2 aromatic carbocycles. The van der Waals surface area contributed by atoms with Gasteiger partial charge in [0.05, 0.1) is 34.8 Å². The van der Waals surface area contributed by atoms with E-state index < -0.39 is 17.3 Å². The summed E-state index contributed by atoms with van der Waals surface area (Å²) in [6.45, 7) is 0. The Labute approximate surface area is 286 Å². The Bertz CT molecular complexity index is 2290. The number of fused-ring (bicyclic) bond motifs is 2. The first-order valence-corrected chi connectivity index (χ1v) is 17.5. The monoisotopic (exact) mass is 708 g/mol. The maximum absolute atomic E-state index is 13.1. The molecule has 0 aliphatic heterocycles. The standard InChI is InChI=1S/C18H15ClN2OS.C17H13F3N2O2S/c1-23-18-20-17(22)16(13-4-2-3-5-14(13)19)15-10-12(11-6-7-11)8-9-21(15)18;1-24-13-6-4-3-5-11(13)14-12-9-10(17(18,19)20)7-8-22(12)16(25-2)21-15(14)23/h2-5,8-11H,6-7H2,1H3;3-9H,1-2H3. The third kappa shape index (κ3) is 6.56. The average molecular weight is 709 g/mol. The topological polar surface area (TPSA) is 78.0 Å². The molecular weight excluding hydrogens is 681 g/mol. The molecule has 6 aromatic rings. The van der Waals surface area contributed by atoms with Gasteiger partial charge in [0.2, 0.25) is 0 Å². The molecule has 0 spiro atoms. The molecule has 13 heteroatoms. The van der Waals surface area contributed by atoms with Gasteiger partial charge in [-0.1, -0.05) is 71.5 Å². The molecule has 1 fully saturated rings. The summed E-state index contributed by atoms with van der Waals surface area (Å²) in [6, 6.07) is 20.3. The van der Waals surface area contributed by atoms with E-state index in [0.717, 1.165) is 23.2 Å². The van der Waals surface area contributed by atoms with E-state index >= 15 is 0 Å². The van der Waals surface area contributed by atoms with Crippen LogP contribution in [0.5, 0.6) is 5.75 Å². The predicted octanol–water partition coefficient (Wildman–Crippen LogP) is 8.73. The lowest BCUT2D eigenvalue weighted by atomic mass is 10.0. The smallest absolute Gasteiger partial charge is 0.416 e. The van der Waals surface area contributed by atoms with E-state index in [0.29, 0.717) is 38.1 Å². The Hall–Kier alpha value is -4.26. The van der Waals surface area contributed by atoms with Crippen molar-refractivity contribution in [3.63, 3.8) is 0 Å². The summed E-state index contributed by atoms with van der Waals surface area (Å²) < 4.78 is 48.1. The van der Waals surface area contributed by atoms with Crippen LogP contribution >= 0.6 is 35.1 Å². The Morgan fingerprint density at radius 2 is 1.33 bits per heavy atom. The first-order valence-electron chi connectivity index (χ1n) is 14.7. The fourth-order valence-electron chi connectivity index (χ4n) is 5.50. The quantitative estimate of drug-likeness (QED) is 0.127. The van der Waals surface area contributed by atoms with E-state index in [-0.39, 0.29) is 16.6 Å². The van der Waals surface area contributed by atoms with Crippen molar-refractivity contribution in [2.75, 3.05) is 19.6 Å². The number of benzene rings is 2. The van der Waals surface area contributed by atoms with E-state index in [1.807, 2.05) is 35.1 Å². The third-order valence-corrected chi connectivity index (χ3v) is 9.58. The molecule has 0 N–H and O–H groups in total. The van der Waals surface area contributed by atoms with Gasteiger partial charge in [-0.15, -0.1) is 0 Å². The number of halogens is 4. The van der Waals surface area contributed by atoms with Crippen molar-refractivity contribution in [1.82, 2.24) is 18.8 Å². The SMILES string of the molecule is COc1ccccc1-c1c(=O)nc(SC)n2ccc(C(F)(F)F)cc12.CSc1nc(=O)c(-c2ccccc2Cl)c2cc(C3CC3)ccn12. The summed E-state index contributed by atoms with van der Waals surface area (Å²) >= 11 is 8.99. The van der Waals surface area contributed by atoms with Crippen molar-refractivity contribution < 1.29 is 17.9 Å². The number of aromatic nitrogens is 4. The Morgan fingerprint density at radius 3 is 1.90 bits per heavy atom. The minimum absolute atomic E-state index is 0.0707. The second-order valence-corrected chi connectivity index (χ2v) is 12.8. The van der Waals surface area contributed by atoms with Crippen LogP contribution in [-0.2, 0) is 6.18 Å². The van der Waals surface area contributed by atoms with E-state index in [4.69, 9.17) is 16.3 Å². The van der Waals surface area contributed by atoms with Crippen LogP contribution in [0.3, 0.4) is 0 Å². The largest absolute Gasteiger partial charge is 0.496 e. The van der Waals surface area contributed by atoms with E-state index in [1.54, 1.807) is 36.6 Å². The Balaban J connectivity index is 0.000000168. The maximum Gasteiger partial charge on any atom is 0.416 e. The van der Waals surface area contributed by atoms with Gasteiger partial charge < -0.3 is 4.74 Å². The lowest BCUT2D eigenvalue weighted by molar-refractivity contribution is -0.137. The van der Waals surface area contributed by atoms with Crippen LogP contribution < -0.4 is 15.9 Å². The minimum atomic E-state index is -4.52. The lowest BCUT2D eigenvalue weighted by Gasteiger charge is -2.15. The van der Waals surface area contributed by atoms with Gasteiger partial charge in [0.1, 0.15) is 5.75 Å². The molecule has 7 nitrogen and oxygen atoms in total. The summed E-state index contributed by atoms with van der Waals surface area (Å²) in [4.78, 5) is 33.5. The highest BCUT2D eigenvalue weighted by Crippen LogP contribution is 2.41. The van der Waals surface area contributed by atoms with Crippen molar-refractivity contribution in [3.05, 3.63) is 122 Å². The molecule has 246 valence electrons. The molecule has 0 atom stereocenters. The number of hydrogen-bond donors (Lipinski definition) is 0. The second kappa shape index (κ2) is 13.7. The third-order valence-electron chi connectivity index (χ3n) is 7.94. The molecule has 4 heterocycles. The van der Waals surface area contributed by atoms with E-state index in [1.165, 1.54) is 59.6 Å². The van der Waals surface area contributed by atoms with Crippen LogP contribution in [0, 0.1) is 0 Å². The maximum atomic E-state index is 13.1. The van der Waals surface area contributed by atoms with Crippen LogP contribution in [0.2, 0.25) is 5.02 Å². The van der Waals surface area contributed by atoms with E-state index in [9.17, 15) is 22.8 Å². The number of nitrogens with zero attached hydrogens (tertiary/aromatic N) is 4. The molecule has 1 aliphatic carbocycles. The number of para-hydroxylation sites is 1. The van der Waals surface area contributed by atoms with Gasteiger partial charge in [0, 0.05) is 28.5 Å². The number of thioether (sulfide) groups is 2. The fourth-order valence-corrected chi connectivity index (χ4v) is 6.79. The number of ether oxygens (including phenoxy) is 1. The highest BCUT2D eigenvalue weighted by Gasteiger charge is 2.31. The van der Waals surface area contributed by atoms with Crippen molar-refractivity contribution in [2.45, 2.75) is 35.2 Å². The summed E-state index contributed by atoms with van der Waals surface area (Å²) in [5.41, 5.74) is 2.42. The minimum Gasteiger partial charge on any atom is -0.496 e. The average Bonchev–Trinajstić information content (AvgIpc) is 3.93. The molecular formula is C35H28ClF3N4O3S2. The van der Waals surface area contributed by atoms with Gasteiger partial charge in [-0.3, -0.25) is 18.4 Å². The molecule has 0 radical (unpaired) electrons. The molecule has 1 saturated carbocycles. The number of rotatable bonds is 6. The van der Waals surface area contributed by atoms with Crippen LogP contribution in [0.25, 0.3) is 33.3 Å². The van der Waals surface area contributed by atoms with Gasteiger partial charge in [-0.05, 0) is 73.2 Å². The predicted molar refractivity (Wildman–Crippen MR) is 186 cm³/mol. The molecule has 1 aliphatic rings. The Kier molecular flexibility index (Phi) is 9.60. The van der Waals surface area contributed by atoms with Gasteiger partial charge in [-0.25, -0.2) is 0 Å². The molecule has 48 heavy (non-hydrogen) atoms. The second-order valence-electron chi connectivity index (χ2n) is 10.9. The number of pyridine rings is 2. The molecule has 0 amide bonds. The normalized spacial score (nSPS) is 13.0. The van der Waals surface area contributed by atoms with Crippen LogP contribution in [0.4, 0.5) is 13.2 Å². The van der Waals surface area contributed by atoms with Crippen LogP contribution in [0.15, 0.2) is 105 Å². The zero-order valence-corrected chi connectivity index (χ0v) is 28.3. The molecule has 7 rings (SSSR count). The Morgan fingerprint density at radius 1 is 0.792 bits per heavy atom. The number of alkyl halides is 3. The van der Waals surface area contributed by atoms with Gasteiger partial charge in [-0.2, -0.15) is 23.1 Å². The molecule has 0 bridgehead atoms. The lowest BCUT2D eigenvalue weighted by Crippen LogP contribution is -2.16. The van der Waals surface area contributed by atoms with Gasteiger partial charge in [0.15, 0.2) is 10.3 Å². The zero-order chi connectivity index (χ0) is 34.2. The van der Waals surface area contributed by atoms with Crippen LogP contribution in [0.1, 0.15) is 29.9 Å². The summed E-state index contributed by atoms with van der Waals surface area (Å²) in [6.07, 6.45) is 4.85. The fraction of sp³-hybridized carbons (Fsp3) is 0.200. The summed E-state index contributed by atoms with van der Waals surface area (Å²) in [7, 11) is 1.43. The summed E-state index contributed by atoms with van der Waals surface area (Å²) in [5, 5.41) is 1.58. The van der Waals surface area contributed by atoms with E-state index in [2.05, 4.69) is 22.1 Å². The molecule has 4 aromatic heterocycles. The number of hydrogen-bond acceptors (Lipinski definition) is 7. The van der Waals surface area contributed by atoms with Crippen molar-refractivity contribution in [3.8, 4) is 28.0 Å². The summed E-state index contributed by atoms with van der Waals surface area (Å²) in [5.74, 6) is 1.01. The van der Waals surface area contributed by atoms with Crippen molar-refractivity contribution >= 4 is 46.2 Å². The first-order chi connectivity index (χ1) is 23.0.